The van der Waals surface area contributed by atoms with Crippen LogP contribution in [0, 0.1) is 0 Å². The van der Waals surface area contributed by atoms with Gasteiger partial charge in [-0.05, 0) is 29.3 Å². The lowest BCUT2D eigenvalue weighted by atomic mass is 9.98. The summed E-state index contributed by atoms with van der Waals surface area (Å²) in [5.41, 5.74) is 3.25. The third-order valence-electron chi connectivity index (χ3n) is 2.99. The molecule has 0 saturated heterocycles. The molecule has 0 aliphatic rings. The first-order chi connectivity index (χ1) is 9.67. The zero-order chi connectivity index (χ0) is 14.5. The summed E-state index contributed by atoms with van der Waals surface area (Å²) in [5, 5.41) is 0.663. The molecule has 20 heavy (non-hydrogen) atoms. The number of benzene rings is 2. The van der Waals surface area contributed by atoms with Crippen molar-refractivity contribution in [1.82, 2.24) is 0 Å². The van der Waals surface area contributed by atoms with Crippen molar-refractivity contribution in [1.29, 1.82) is 0 Å². The molecule has 0 atom stereocenters. The summed E-state index contributed by atoms with van der Waals surface area (Å²) in [4.78, 5) is 11.6. The molecule has 2 aromatic carbocycles. The van der Waals surface area contributed by atoms with E-state index in [0.717, 1.165) is 16.7 Å². The van der Waals surface area contributed by atoms with Crippen molar-refractivity contribution in [3.8, 4) is 11.1 Å². The van der Waals surface area contributed by atoms with Gasteiger partial charge in [0.1, 0.15) is 0 Å². The molecule has 0 aromatic heterocycles. The van der Waals surface area contributed by atoms with Crippen LogP contribution in [0.25, 0.3) is 11.1 Å². The Kier molecular flexibility index (Phi) is 4.77. The largest absolute Gasteiger partial charge is 0.465 e. The smallest absolute Gasteiger partial charge is 0.337 e. The molecule has 0 spiro atoms. The van der Waals surface area contributed by atoms with Crippen LogP contribution in [0.2, 0.25) is 5.02 Å². The number of methoxy groups -OCH3 is 2. The third kappa shape index (κ3) is 3.00. The number of carbonyl (C=O) groups is 1. The van der Waals surface area contributed by atoms with Crippen LogP contribution in [0.4, 0.5) is 0 Å². The normalized spacial score (nSPS) is 10.3. The maximum absolute atomic E-state index is 11.6. The lowest BCUT2D eigenvalue weighted by Gasteiger charge is -2.12. The highest BCUT2D eigenvalue weighted by atomic mass is 35.5. The quantitative estimate of drug-likeness (QED) is 0.800. The van der Waals surface area contributed by atoms with E-state index in [1.165, 1.54) is 7.11 Å². The zero-order valence-electron chi connectivity index (χ0n) is 11.4. The van der Waals surface area contributed by atoms with Crippen LogP contribution in [0.5, 0.6) is 0 Å². The van der Waals surface area contributed by atoms with Crippen molar-refractivity contribution in [2.24, 2.45) is 0 Å². The second-order valence-corrected chi connectivity index (χ2v) is 4.68. The number of rotatable bonds is 4. The Labute approximate surface area is 123 Å². The Morgan fingerprint density at radius 3 is 2.50 bits per heavy atom. The second kappa shape index (κ2) is 6.55. The van der Waals surface area contributed by atoms with E-state index in [2.05, 4.69) is 0 Å². The van der Waals surface area contributed by atoms with Crippen LogP contribution < -0.4 is 0 Å². The Morgan fingerprint density at radius 1 is 1.10 bits per heavy atom. The van der Waals surface area contributed by atoms with Gasteiger partial charge in [0.15, 0.2) is 0 Å². The van der Waals surface area contributed by atoms with Gasteiger partial charge in [-0.3, -0.25) is 0 Å². The van der Waals surface area contributed by atoms with Gasteiger partial charge >= 0.3 is 5.97 Å². The molecule has 3 nitrogen and oxygen atoms in total. The first-order valence-electron chi connectivity index (χ1n) is 6.12. The SMILES string of the molecule is COCc1cc(C(=O)OC)ccc1-c1ccccc1Cl. The fourth-order valence-electron chi connectivity index (χ4n) is 2.06. The molecule has 0 saturated carbocycles. The van der Waals surface area contributed by atoms with E-state index < -0.39 is 0 Å². The van der Waals surface area contributed by atoms with Crippen molar-refractivity contribution in [2.45, 2.75) is 6.61 Å². The predicted molar refractivity (Wildman–Crippen MR) is 78.9 cm³/mol. The number of hydrogen-bond donors (Lipinski definition) is 0. The van der Waals surface area contributed by atoms with E-state index in [0.29, 0.717) is 17.2 Å². The molecule has 0 radical (unpaired) electrons. The van der Waals surface area contributed by atoms with Crippen LogP contribution in [-0.4, -0.2) is 20.2 Å². The maximum atomic E-state index is 11.6. The van der Waals surface area contributed by atoms with Crippen LogP contribution in [0.15, 0.2) is 42.5 Å². The summed E-state index contributed by atoms with van der Waals surface area (Å²) in [7, 11) is 2.97. The Hall–Kier alpha value is -1.84. The monoisotopic (exact) mass is 290 g/mol. The average molecular weight is 291 g/mol. The van der Waals surface area contributed by atoms with E-state index in [1.807, 2.05) is 30.3 Å². The topological polar surface area (TPSA) is 35.5 Å². The second-order valence-electron chi connectivity index (χ2n) is 4.28. The molecular formula is C16H15ClO3. The van der Waals surface area contributed by atoms with Gasteiger partial charge in [-0.2, -0.15) is 0 Å². The molecule has 2 rings (SSSR count). The lowest BCUT2D eigenvalue weighted by Crippen LogP contribution is -2.03. The van der Waals surface area contributed by atoms with Gasteiger partial charge in [-0.1, -0.05) is 35.9 Å². The third-order valence-corrected chi connectivity index (χ3v) is 3.32. The molecule has 0 aliphatic carbocycles. The van der Waals surface area contributed by atoms with Gasteiger partial charge in [0.05, 0.1) is 19.3 Å². The molecule has 0 N–H and O–H groups in total. The molecule has 0 amide bonds. The number of ether oxygens (including phenoxy) is 2. The summed E-state index contributed by atoms with van der Waals surface area (Å²) in [5.74, 6) is -0.368. The maximum Gasteiger partial charge on any atom is 0.337 e. The van der Waals surface area contributed by atoms with E-state index in [1.54, 1.807) is 19.2 Å². The Bertz CT molecular complexity index is 623. The molecule has 0 fully saturated rings. The Morgan fingerprint density at radius 2 is 1.85 bits per heavy atom. The summed E-state index contributed by atoms with van der Waals surface area (Å²) >= 11 is 6.23. The van der Waals surface area contributed by atoms with E-state index in [4.69, 9.17) is 21.1 Å². The van der Waals surface area contributed by atoms with Crippen LogP contribution in [-0.2, 0) is 16.1 Å². The summed E-state index contributed by atoms with van der Waals surface area (Å²) in [6.07, 6.45) is 0. The van der Waals surface area contributed by atoms with E-state index in [9.17, 15) is 4.79 Å². The minimum Gasteiger partial charge on any atom is -0.465 e. The summed E-state index contributed by atoms with van der Waals surface area (Å²) in [6, 6.07) is 12.9. The van der Waals surface area contributed by atoms with Crippen molar-refractivity contribution < 1.29 is 14.3 Å². The highest BCUT2D eigenvalue weighted by molar-refractivity contribution is 6.33. The first kappa shape index (κ1) is 14.6. The van der Waals surface area contributed by atoms with Gasteiger partial charge in [0.2, 0.25) is 0 Å². The first-order valence-corrected chi connectivity index (χ1v) is 6.50. The van der Waals surface area contributed by atoms with Gasteiger partial charge in [-0.15, -0.1) is 0 Å². The number of esters is 1. The molecule has 0 aliphatic heterocycles. The van der Waals surface area contributed by atoms with E-state index >= 15 is 0 Å². The predicted octanol–water partition coefficient (Wildman–Crippen LogP) is 3.94. The average Bonchev–Trinajstić information content (AvgIpc) is 2.47. The highest BCUT2D eigenvalue weighted by Crippen LogP contribution is 2.31. The van der Waals surface area contributed by atoms with Crippen molar-refractivity contribution in [3.05, 3.63) is 58.6 Å². The number of halogens is 1. The van der Waals surface area contributed by atoms with Crippen LogP contribution >= 0.6 is 11.6 Å². The molecule has 2 aromatic rings. The summed E-state index contributed by atoms with van der Waals surface area (Å²) in [6.45, 7) is 0.394. The van der Waals surface area contributed by atoms with Gasteiger partial charge in [0, 0.05) is 17.7 Å². The minimum absolute atomic E-state index is 0.368. The lowest BCUT2D eigenvalue weighted by molar-refractivity contribution is 0.0600. The molecule has 0 bridgehead atoms. The summed E-state index contributed by atoms with van der Waals surface area (Å²) < 4.78 is 9.94. The fraction of sp³-hybridized carbons (Fsp3) is 0.188. The zero-order valence-corrected chi connectivity index (χ0v) is 12.1. The van der Waals surface area contributed by atoms with Gasteiger partial charge in [0.25, 0.3) is 0 Å². The molecule has 104 valence electrons. The highest BCUT2D eigenvalue weighted by Gasteiger charge is 2.12. The standard InChI is InChI=1S/C16H15ClO3/c1-19-10-12-9-11(16(18)20-2)7-8-13(12)14-5-3-4-6-15(14)17/h3-9H,10H2,1-2H3. The van der Waals surface area contributed by atoms with Crippen LogP contribution in [0.3, 0.4) is 0 Å². The Balaban J connectivity index is 2.53. The molecule has 4 heteroatoms. The van der Waals surface area contributed by atoms with E-state index in [-0.39, 0.29) is 5.97 Å². The molecular weight excluding hydrogens is 276 g/mol. The van der Waals surface area contributed by atoms with Crippen molar-refractivity contribution in [3.63, 3.8) is 0 Å². The number of hydrogen-bond acceptors (Lipinski definition) is 3. The fourth-order valence-corrected chi connectivity index (χ4v) is 2.29. The molecule has 0 unspecified atom stereocenters. The van der Waals surface area contributed by atoms with Gasteiger partial charge in [-0.25, -0.2) is 4.79 Å². The van der Waals surface area contributed by atoms with Crippen molar-refractivity contribution in [2.75, 3.05) is 14.2 Å². The number of carbonyl (C=O) groups excluding carboxylic acids is 1. The van der Waals surface area contributed by atoms with Crippen LogP contribution in [0.1, 0.15) is 15.9 Å². The van der Waals surface area contributed by atoms with Gasteiger partial charge < -0.3 is 9.47 Å². The minimum atomic E-state index is -0.368. The molecule has 0 heterocycles. The van der Waals surface area contributed by atoms with Crippen molar-refractivity contribution >= 4 is 17.6 Å².